The number of nitrogens with zero attached hydrogens (tertiary/aromatic N) is 1. The van der Waals surface area contributed by atoms with E-state index in [9.17, 15) is 4.79 Å². The third-order valence-corrected chi connectivity index (χ3v) is 1.67. The molecule has 0 fully saturated rings. The summed E-state index contributed by atoms with van der Waals surface area (Å²) in [5, 5.41) is 2.66. The van der Waals surface area contributed by atoms with Crippen LogP contribution in [0.25, 0.3) is 0 Å². The highest BCUT2D eigenvalue weighted by Crippen LogP contribution is 2.13. The van der Waals surface area contributed by atoms with E-state index in [-0.39, 0.29) is 5.91 Å². The predicted octanol–water partition coefficient (Wildman–Crippen LogP) is 0.330. The lowest BCUT2D eigenvalue weighted by Crippen LogP contribution is -2.35. The van der Waals surface area contributed by atoms with Gasteiger partial charge >= 0.3 is 0 Å². The first-order valence-electron chi connectivity index (χ1n) is 4.04. The zero-order valence-electron chi connectivity index (χ0n) is 7.68. The van der Waals surface area contributed by atoms with E-state index in [1.165, 1.54) is 0 Å². The van der Waals surface area contributed by atoms with Crippen molar-refractivity contribution in [2.45, 2.75) is 26.3 Å². The number of amidine groups is 1. The fourth-order valence-corrected chi connectivity index (χ4v) is 0.967. The molecule has 0 saturated carbocycles. The standard InChI is InChI=1S/C8H14N2O2/c1-4-12-5-6-9-7(11)8(2,3)10-6/h4-5H2,1-3H3,(H,9,10,11). The Labute approximate surface area is 72.0 Å². The van der Waals surface area contributed by atoms with Crippen molar-refractivity contribution in [1.29, 1.82) is 0 Å². The fraction of sp³-hybridized carbons (Fsp3) is 0.750. The molecule has 0 saturated heterocycles. The molecule has 1 amide bonds. The molecule has 0 aliphatic carbocycles. The Morgan fingerprint density at radius 1 is 1.58 bits per heavy atom. The van der Waals surface area contributed by atoms with Gasteiger partial charge in [-0.3, -0.25) is 9.79 Å². The van der Waals surface area contributed by atoms with Gasteiger partial charge in [-0.05, 0) is 20.8 Å². The highest BCUT2D eigenvalue weighted by Gasteiger charge is 2.33. The van der Waals surface area contributed by atoms with Gasteiger partial charge in [0.05, 0.1) is 0 Å². The minimum atomic E-state index is -0.619. The van der Waals surface area contributed by atoms with Crippen molar-refractivity contribution < 1.29 is 9.53 Å². The second kappa shape index (κ2) is 3.23. The van der Waals surface area contributed by atoms with Crippen molar-refractivity contribution in [2.75, 3.05) is 13.2 Å². The molecular weight excluding hydrogens is 156 g/mol. The molecule has 12 heavy (non-hydrogen) atoms. The maximum absolute atomic E-state index is 11.2. The van der Waals surface area contributed by atoms with Gasteiger partial charge in [0, 0.05) is 6.61 Å². The van der Waals surface area contributed by atoms with E-state index in [0.29, 0.717) is 19.0 Å². The molecule has 68 valence electrons. The molecule has 0 aromatic carbocycles. The second-order valence-electron chi connectivity index (χ2n) is 3.21. The third-order valence-electron chi connectivity index (χ3n) is 1.67. The van der Waals surface area contributed by atoms with Gasteiger partial charge in [0.1, 0.15) is 18.0 Å². The number of ether oxygens (including phenoxy) is 1. The molecule has 0 aromatic rings. The summed E-state index contributed by atoms with van der Waals surface area (Å²) in [6.07, 6.45) is 0. The van der Waals surface area contributed by atoms with Crippen LogP contribution >= 0.6 is 0 Å². The van der Waals surface area contributed by atoms with Gasteiger partial charge < -0.3 is 10.1 Å². The number of carbonyl (C=O) groups excluding carboxylic acids is 1. The summed E-state index contributed by atoms with van der Waals surface area (Å²) in [4.78, 5) is 15.4. The monoisotopic (exact) mass is 170 g/mol. The van der Waals surface area contributed by atoms with Crippen LogP contribution in [0.3, 0.4) is 0 Å². The lowest BCUT2D eigenvalue weighted by molar-refractivity contribution is -0.122. The molecule has 0 radical (unpaired) electrons. The van der Waals surface area contributed by atoms with Gasteiger partial charge in [-0.1, -0.05) is 0 Å². The van der Waals surface area contributed by atoms with Crippen molar-refractivity contribution in [3.8, 4) is 0 Å². The number of carbonyl (C=O) groups is 1. The van der Waals surface area contributed by atoms with Crippen LogP contribution in [0.1, 0.15) is 20.8 Å². The highest BCUT2D eigenvalue weighted by molar-refractivity contribution is 6.08. The number of nitrogens with one attached hydrogen (secondary N) is 1. The lowest BCUT2D eigenvalue weighted by atomic mass is 10.1. The molecule has 1 N–H and O–H groups in total. The summed E-state index contributed by atoms with van der Waals surface area (Å²) in [6, 6.07) is 0. The molecule has 4 heteroatoms. The van der Waals surface area contributed by atoms with Gasteiger partial charge in [-0.25, -0.2) is 0 Å². The topological polar surface area (TPSA) is 50.7 Å². The smallest absolute Gasteiger partial charge is 0.252 e. The lowest BCUT2D eigenvalue weighted by Gasteiger charge is -2.07. The summed E-state index contributed by atoms with van der Waals surface area (Å²) in [5.41, 5.74) is -0.619. The van der Waals surface area contributed by atoms with E-state index < -0.39 is 5.54 Å². The van der Waals surface area contributed by atoms with Crippen molar-refractivity contribution in [3.63, 3.8) is 0 Å². The maximum Gasteiger partial charge on any atom is 0.252 e. The van der Waals surface area contributed by atoms with E-state index >= 15 is 0 Å². The second-order valence-corrected chi connectivity index (χ2v) is 3.21. The van der Waals surface area contributed by atoms with Gasteiger partial charge in [0.2, 0.25) is 0 Å². The molecule has 0 atom stereocenters. The van der Waals surface area contributed by atoms with Crippen LogP contribution in [0, 0.1) is 0 Å². The molecule has 0 bridgehead atoms. The molecule has 0 aromatic heterocycles. The number of hydrogen-bond acceptors (Lipinski definition) is 3. The molecule has 0 spiro atoms. The van der Waals surface area contributed by atoms with Crippen molar-refractivity contribution >= 4 is 11.7 Å². The van der Waals surface area contributed by atoms with Gasteiger partial charge in [0.15, 0.2) is 0 Å². The first kappa shape index (κ1) is 9.19. The molecule has 0 unspecified atom stereocenters. The Balaban J connectivity index is 2.54. The Kier molecular flexibility index (Phi) is 2.47. The first-order valence-corrected chi connectivity index (χ1v) is 4.04. The third kappa shape index (κ3) is 1.82. The number of rotatable bonds is 3. The molecule has 1 heterocycles. The molecule has 4 nitrogen and oxygen atoms in total. The van der Waals surface area contributed by atoms with Gasteiger partial charge in [-0.2, -0.15) is 0 Å². The van der Waals surface area contributed by atoms with Crippen LogP contribution < -0.4 is 5.32 Å². The van der Waals surface area contributed by atoms with Crippen molar-refractivity contribution in [3.05, 3.63) is 0 Å². The minimum absolute atomic E-state index is 0.0581. The predicted molar refractivity (Wildman–Crippen MR) is 46.1 cm³/mol. The molecule has 1 aliphatic rings. The fourth-order valence-electron chi connectivity index (χ4n) is 0.967. The zero-order valence-corrected chi connectivity index (χ0v) is 7.68. The molecular formula is C8H14N2O2. The first-order chi connectivity index (χ1) is 5.56. The quantitative estimate of drug-likeness (QED) is 0.663. The molecule has 1 aliphatic heterocycles. The number of aliphatic imine (C=N–C) groups is 1. The molecule has 1 rings (SSSR count). The largest absolute Gasteiger partial charge is 0.374 e. The van der Waals surface area contributed by atoms with Crippen LogP contribution in [0.4, 0.5) is 0 Å². The number of hydrogen-bond donors (Lipinski definition) is 1. The average Bonchev–Trinajstić information content (AvgIpc) is 2.22. The van der Waals surface area contributed by atoms with Crippen LogP contribution in [0.2, 0.25) is 0 Å². The maximum atomic E-state index is 11.2. The Hall–Kier alpha value is -0.900. The van der Waals surface area contributed by atoms with Crippen LogP contribution in [0.5, 0.6) is 0 Å². The summed E-state index contributed by atoms with van der Waals surface area (Å²) >= 11 is 0. The highest BCUT2D eigenvalue weighted by atomic mass is 16.5. The van der Waals surface area contributed by atoms with Crippen LogP contribution in [-0.4, -0.2) is 30.5 Å². The normalized spacial score (nSPS) is 20.6. The number of amides is 1. The van der Waals surface area contributed by atoms with Gasteiger partial charge in [-0.15, -0.1) is 0 Å². The summed E-state index contributed by atoms with van der Waals surface area (Å²) in [7, 11) is 0. The van der Waals surface area contributed by atoms with E-state index in [2.05, 4.69) is 10.3 Å². The summed E-state index contributed by atoms with van der Waals surface area (Å²) in [5.74, 6) is 0.573. The summed E-state index contributed by atoms with van der Waals surface area (Å²) < 4.78 is 5.11. The van der Waals surface area contributed by atoms with Crippen LogP contribution in [-0.2, 0) is 9.53 Å². The Morgan fingerprint density at radius 3 is 2.67 bits per heavy atom. The minimum Gasteiger partial charge on any atom is -0.374 e. The van der Waals surface area contributed by atoms with E-state index in [1.54, 1.807) is 13.8 Å². The van der Waals surface area contributed by atoms with Gasteiger partial charge in [0.25, 0.3) is 5.91 Å². The van der Waals surface area contributed by atoms with Crippen LogP contribution in [0.15, 0.2) is 4.99 Å². The average molecular weight is 170 g/mol. The van der Waals surface area contributed by atoms with E-state index in [0.717, 1.165) is 0 Å². The SMILES string of the molecule is CCOCC1=NC(C)(C)C(=O)N1. The van der Waals surface area contributed by atoms with E-state index in [4.69, 9.17) is 4.74 Å². The zero-order chi connectivity index (χ0) is 9.19. The Morgan fingerprint density at radius 2 is 2.25 bits per heavy atom. The Bertz CT molecular complexity index is 221. The van der Waals surface area contributed by atoms with E-state index in [1.807, 2.05) is 6.92 Å². The van der Waals surface area contributed by atoms with Crippen molar-refractivity contribution in [1.82, 2.24) is 5.32 Å². The van der Waals surface area contributed by atoms with Crippen molar-refractivity contribution in [2.24, 2.45) is 4.99 Å². The summed E-state index contributed by atoms with van der Waals surface area (Å²) in [6.45, 7) is 6.49.